The Bertz CT molecular complexity index is 602. The molecule has 1 aliphatic heterocycles. The van der Waals surface area contributed by atoms with E-state index in [0.29, 0.717) is 28.4 Å². The topological polar surface area (TPSA) is 49.4 Å². The summed E-state index contributed by atoms with van der Waals surface area (Å²) in [7, 11) is -1.59. The highest BCUT2D eigenvalue weighted by Crippen LogP contribution is 2.33. The van der Waals surface area contributed by atoms with Gasteiger partial charge in [0.15, 0.2) is 0 Å². The molecule has 0 aromatic heterocycles. The summed E-state index contributed by atoms with van der Waals surface area (Å²) in [5.41, 5.74) is 0.972. The van der Waals surface area contributed by atoms with Crippen molar-refractivity contribution in [3.05, 3.63) is 28.2 Å². The minimum absolute atomic E-state index is 0.106. The molecule has 0 bridgehead atoms. The third kappa shape index (κ3) is 3.50. The molecule has 0 saturated carbocycles. The van der Waals surface area contributed by atoms with Crippen molar-refractivity contribution in [2.24, 2.45) is 5.92 Å². The molecular weight excluding hydrogens is 352 g/mol. The third-order valence-electron chi connectivity index (χ3n) is 3.98. The molecule has 118 valence electrons. The van der Waals surface area contributed by atoms with Gasteiger partial charge in [-0.05, 0) is 59.4 Å². The second-order valence-corrected chi connectivity index (χ2v) is 8.58. The fourth-order valence-corrected chi connectivity index (χ4v) is 5.72. The van der Waals surface area contributed by atoms with Gasteiger partial charge in [-0.3, -0.25) is 0 Å². The van der Waals surface area contributed by atoms with Crippen molar-refractivity contribution in [1.29, 1.82) is 0 Å². The first-order chi connectivity index (χ1) is 9.87. The monoisotopic (exact) mass is 374 g/mol. The summed E-state index contributed by atoms with van der Waals surface area (Å²) in [6.45, 7) is 5.45. The van der Waals surface area contributed by atoms with Crippen molar-refractivity contribution in [2.75, 3.05) is 13.6 Å². The standard InChI is InChI=1S/C15H23BrN2O2S/c1-11(2)14-5-4-8-18(14)21(19,20)15-9-12(10-17-3)6-7-13(15)16/h6-7,9,11,14,17H,4-5,8,10H2,1-3H3. The van der Waals surface area contributed by atoms with Crippen molar-refractivity contribution >= 4 is 26.0 Å². The maximum absolute atomic E-state index is 13.0. The normalized spacial score (nSPS) is 20.3. The Balaban J connectivity index is 2.41. The average molecular weight is 375 g/mol. The van der Waals surface area contributed by atoms with Gasteiger partial charge < -0.3 is 5.32 Å². The Morgan fingerprint density at radius 1 is 1.43 bits per heavy atom. The SMILES string of the molecule is CNCc1ccc(Br)c(S(=O)(=O)N2CCCC2C(C)C)c1. The molecule has 4 nitrogen and oxygen atoms in total. The van der Waals surface area contributed by atoms with Crippen molar-refractivity contribution in [3.63, 3.8) is 0 Å². The third-order valence-corrected chi connectivity index (χ3v) is 6.90. The molecule has 1 N–H and O–H groups in total. The maximum Gasteiger partial charge on any atom is 0.244 e. The Hall–Kier alpha value is -0.430. The van der Waals surface area contributed by atoms with Crippen LogP contribution < -0.4 is 5.32 Å². The Kier molecular flexibility index (Phi) is 5.46. The number of halogens is 1. The van der Waals surface area contributed by atoms with E-state index in [1.54, 1.807) is 10.4 Å². The fourth-order valence-electron chi connectivity index (χ4n) is 2.92. The lowest BCUT2D eigenvalue weighted by Gasteiger charge is -2.27. The lowest BCUT2D eigenvalue weighted by atomic mass is 10.0. The number of nitrogens with one attached hydrogen (secondary N) is 1. The van der Waals surface area contributed by atoms with Crippen LogP contribution in [0.25, 0.3) is 0 Å². The zero-order valence-corrected chi connectivity index (χ0v) is 15.2. The molecule has 0 spiro atoms. The first kappa shape index (κ1) is 16.9. The minimum Gasteiger partial charge on any atom is -0.316 e. The lowest BCUT2D eigenvalue weighted by molar-refractivity contribution is 0.315. The summed E-state index contributed by atoms with van der Waals surface area (Å²) in [6.07, 6.45) is 1.89. The Morgan fingerprint density at radius 3 is 2.76 bits per heavy atom. The quantitative estimate of drug-likeness (QED) is 0.861. The highest BCUT2D eigenvalue weighted by atomic mass is 79.9. The molecule has 0 amide bonds. The molecule has 2 rings (SSSR count). The van der Waals surface area contributed by atoms with Crippen LogP contribution in [0.3, 0.4) is 0 Å². The highest BCUT2D eigenvalue weighted by molar-refractivity contribution is 9.10. The van der Waals surface area contributed by atoms with Crippen LogP contribution in [-0.4, -0.2) is 32.4 Å². The first-order valence-corrected chi connectivity index (χ1v) is 9.56. The van der Waals surface area contributed by atoms with E-state index in [1.807, 2.05) is 19.2 Å². The molecule has 1 unspecified atom stereocenters. The molecule has 21 heavy (non-hydrogen) atoms. The van der Waals surface area contributed by atoms with E-state index in [0.717, 1.165) is 18.4 Å². The van der Waals surface area contributed by atoms with Crippen LogP contribution in [0.15, 0.2) is 27.6 Å². The summed E-state index contributed by atoms with van der Waals surface area (Å²) in [6, 6.07) is 5.63. The van der Waals surface area contributed by atoms with Crippen LogP contribution in [0.4, 0.5) is 0 Å². The van der Waals surface area contributed by atoms with E-state index in [1.165, 1.54) is 0 Å². The van der Waals surface area contributed by atoms with Crippen molar-refractivity contribution in [1.82, 2.24) is 9.62 Å². The molecule has 1 atom stereocenters. The van der Waals surface area contributed by atoms with Gasteiger partial charge in [-0.1, -0.05) is 19.9 Å². The molecule has 6 heteroatoms. The lowest BCUT2D eigenvalue weighted by Crippen LogP contribution is -2.38. The van der Waals surface area contributed by atoms with Gasteiger partial charge in [0.2, 0.25) is 10.0 Å². The average Bonchev–Trinajstić information content (AvgIpc) is 2.91. The number of benzene rings is 1. The van der Waals surface area contributed by atoms with Gasteiger partial charge in [0.25, 0.3) is 0 Å². The molecule has 1 heterocycles. The number of sulfonamides is 1. The summed E-state index contributed by atoms with van der Waals surface area (Å²) in [5.74, 6) is 0.335. The molecule has 0 radical (unpaired) electrons. The number of hydrogen-bond donors (Lipinski definition) is 1. The summed E-state index contributed by atoms with van der Waals surface area (Å²) in [5, 5.41) is 3.05. The van der Waals surface area contributed by atoms with E-state index in [4.69, 9.17) is 0 Å². The van der Waals surface area contributed by atoms with Crippen molar-refractivity contribution in [3.8, 4) is 0 Å². The predicted molar refractivity (Wildman–Crippen MR) is 88.7 cm³/mol. The van der Waals surface area contributed by atoms with E-state index < -0.39 is 10.0 Å². The molecule has 1 aromatic carbocycles. The smallest absolute Gasteiger partial charge is 0.244 e. The van der Waals surface area contributed by atoms with Crippen LogP contribution in [0.2, 0.25) is 0 Å². The summed E-state index contributed by atoms with van der Waals surface area (Å²) < 4.78 is 28.3. The zero-order chi connectivity index (χ0) is 15.6. The van der Waals surface area contributed by atoms with Gasteiger partial charge in [-0.25, -0.2) is 8.42 Å². The van der Waals surface area contributed by atoms with Gasteiger partial charge in [0.1, 0.15) is 0 Å². The van der Waals surface area contributed by atoms with E-state index >= 15 is 0 Å². The second kappa shape index (κ2) is 6.77. The molecule has 1 saturated heterocycles. The first-order valence-electron chi connectivity index (χ1n) is 7.32. The van der Waals surface area contributed by atoms with Gasteiger partial charge in [0.05, 0.1) is 4.90 Å². The molecule has 1 fully saturated rings. The van der Waals surface area contributed by atoms with Gasteiger partial charge in [-0.2, -0.15) is 4.31 Å². The van der Waals surface area contributed by atoms with Crippen molar-refractivity contribution in [2.45, 2.75) is 44.2 Å². The zero-order valence-electron chi connectivity index (χ0n) is 12.8. The van der Waals surface area contributed by atoms with Crippen LogP contribution in [0.5, 0.6) is 0 Å². The second-order valence-electron chi connectivity index (χ2n) is 5.86. The largest absolute Gasteiger partial charge is 0.316 e. The van der Waals surface area contributed by atoms with Crippen molar-refractivity contribution < 1.29 is 8.42 Å². The number of nitrogens with zero attached hydrogens (tertiary/aromatic N) is 1. The van der Waals surface area contributed by atoms with Crippen LogP contribution >= 0.6 is 15.9 Å². The van der Waals surface area contributed by atoms with E-state index in [9.17, 15) is 8.42 Å². The van der Waals surface area contributed by atoms with E-state index in [-0.39, 0.29) is 6.04 Å². The minimum atomic E-state index is -3.45. The van der Waals surface area contributed by atoms with Crippen LogP contribution in [0, 0.1) is 5.92 Å². The Labute approximate surface area is 136 Å². The number of hydrogen-bond acceptors (Lipinski definition) is 3. The van der Waals surface area contributed by atoms with Gasteiger partial charge in [-0.15, -0.1) is 0 Å². The predicted octanol–water partition coefficient (Wildman–Crippen LogP) is 2.98. The molecule has 1 aromatic rings. The highest BCUT2D eigenvalue weighted by Gasteiger charge is 2.37. The Morgan fingerprint density at radius 2 is 2.14 bits per heavy atom. The van der Waals surface area contributed by atoms with Gasteiger partial charge in [0, 0.05) is 23.6 Å². The maximum atomic E-state index is 13.0. The number of rotatable bonds is 5. The molecule has 0 aliphatic carbocycles. The fraction of sp³-hybridized carbons (Fsp3) is 0.600. The van der Waals surface area contributed by atoms with Gasteiger partial charge >= 0.3 is 0 Å². The van der Waals surface area contributed by atoms with Crippen LogP contribution in [0.1, 0.15) is 32.3 Å². The van der Waals surface area contributed by atoms with Crippen LogP contribution in [-0.2, 0) is 16.6 Å². The summed E-state index contributed by atoms with van der Waals surface area (Å²) in [4.78, 5) is 0.378. The summed E-state index contributed by atoms with van der Waals surface area (Å²) >= 11 is 3.40. The van der Waals surface area contributed by atoms with E-state index in [2.05, 4.69) is 35.1 Å². The molecular formula is C15H23BrN2O2S. The molecule has 1 aliphatic rings.